The molecule has 0 radical (unpaired) electrons. The number of nitrogens with one attached hydrogen (secondary N) is 1. The van der Waals surface area contributed by atoms with Gasteiger partial charge in [-0.15, -0.1) is 0 Å². The van der Waals surface area contributed by atoms with Gasteiger partial charge in [-0.2, -0.15) is 5.26 Å². The number of aromatic amines is 1. The molecule has 0 aliphatic rings. The van der Waals surface area contributed by atoms with Crippen molar-refractivity contribution in [3.05, 3.63) is 17.7 Å². The molecule has 14 heavy (non-hydrogen) atoms. The van der Waals surface area contributed by atoms with Gasteiger partial charge in [0.2, 0.25) is 0 Å². The number of aromatic nitrogens is 2. The van der Waals surface area contributed by atoms with E-state index < -0.39 is 12.2 Å². The molecule has 1 aromatic rings. The number of hydrogen-bond donors (Lipinski definition) is 3. The van der Waals surface area contributed by atoms with Crippen LogP contribution in [0.2, 0.25) is 0 Å². The Bertz CT molecular complexity index is 406. The lowest BCUT2D eigenvalue weighted by molar-refractivity contribution is 0.0677. The van der Waals surface area contributed by atoms with Crippen LogP contribution in [-0.2, 0) is 0 Å². The van der Waals surface area contributed by atoms with Crippen LogP contribution < -0.4 is 0 Å². The minimum absolute atomic E-state index is 0.176. The van der Waals surface area contributed by atoms with E-state index in [1.54, 1.807) is 0 Å². The van der Waals surface area contributed by atoms with E-state index in [2.05, 4.69) is 21.8 Å². The molecule has 0 aromatic carbocycles. The molecule has 0 aliphatic heterocycles. The summed E-state index contributed by atoms with van der Waals surface area (Å²) < 4.78 is 0. The van der Waals surface area contributed by atoms with Gasteiger partial charge in [0.25, 0.3) is 0 Å². The topological polar surface area (TPSA) is 92.9 Å². The highest BCUT2D eigenvalue weighted by Crippen LogP contribution is 1.98. The van der Waals surface area contributed by atoms with E-state index >= 15 is 0 Å². The van der Waals surface area contributed by atoms with E-state index in [4.69, 9.17) is 15.5 Å². The van der Waals surface area contributed by atoms with Crippen molar-refractivity contribution in [2.24, 2.45) is 0 Å². The molecule has 0 aliphatic carbocycles. The van der Waals surface area contributed by atoms with Crippen LogP contribution in [0.25, 0.3) is 0 Å². The van der Waals surface area contributed by atoms with Gasteiger partial charge in [-0.3, -0.25) is 0 Å². The Labute approximate surface area is 81.0 Å². The monoisotopic (exact) mass is 191 g/mol. The highest BCUT2D eigenvalue weighted by atomic mass is 16.3. The number of aliphatic hydroxyl groups excluding tert-OH is 2. The van der Waals surface area contributed by atoms with E-state index in [0.29, 0.717) is 5.69 Å². The molecule has 1 aromatic heterocycles. The van der Waals surface area contributed by atoms with Crippen LogP contribution in [0.15, 0.2) is 6.33 Å². The average molecular weight is 191 g/mol. The van der Waals surface area contributed by atoms with Crippen LogP contribution in [0.1, 0.15) is 18.3 Å². The van der Waals surface area contributed by atoms with Crippen molar-refractivity contribution in [2.75, 3.05) is 0 Å². The van der Waals surface area contributed by atoms with Crippen LogP contribution in [0.3, 0.4) is 0 Å². The van der Waals surface area contributed by atoms with E-state index in [-0.39, 0.29) is 5.69 Å². The molecule has 5 nitrogen and oxygen atoms in total. The third kappa shape index (κ3) is 2.33. The van der Waals surface area contributed by atoms with E-state index in [9.17, 15) is 0 Å². The first-order chi connectivity index (χ1) is 6.65. The molecule has 0 amide bonds. The Morgan fingerprint density at radius 2 is 2.29 bits per heavy atom. The van der Waals surface area contributed by atoms with E-state index in [0.717, 1.165) is 0 Å². The Morgan fingerprint density at radius 1 is 1.57 bits per heavy atom. The molecule has 2 unspecified atom stereocenters. The summed E-state index contributed by atoms with van der Waals surface area (Å²) in [4.78, 5) is 6.35. The van der Waals surface area contributed by atoms with Gasteiger partial charge in [-0.05, 0) is 12.8 Å². The first-order valence-electron chi connectivity index (χ1n) is 3.96. The maximum absolute atomic E-state index is 9.15. The molecule has 0 fully saturated rings. The zero-order valence-electron chi connectivity index (χ0n) is 7.52. The lowest BCUT2D eigenvalue weighted by Gasteiger charge is -2.03. The smallest absolute Gasteiger partial charge is 0.174 e. The minimum Gasteiger partial charge on any atom is -0.390 e. The second-order valence-electron chi connectivity index (χ2n) is 2.69. The fraction of sp³-hybridized carbons (Fsp3) is 0.333. The summed E-state index contributed by atoms with van der Waals surface area (Å²) in [5, 5.41) is 26.7. The third-order valence-corrected chi connectivity index (χ3v) is 1.55. The Morgan fingerprint density at radius 3 is 2.86 bits per heavy atom. The maximum Gasteiger partial charge on any atom is 0.174 e. The van der Waals surface area contributed by atoms with Gasteiger partial charge in [-0.25, -0.2) is 4.98 Å². The van der Waals surface area contributed by atoms with Crippen molar-refractivity contribution in [2.45, 2.75) is 19.1 Å². The van der Waals surface area contributed by atoms with Crippen molar-refractivity contribution in [3.63, 3.8) is 0 Å². The SMILES string of the molecule is CC(O)C(O)C#Cc1[nH]cnc1C#N. The van der Waals surface area contributed by atoms with Crippen molar-refractivity contribution in [3.8, 4) is 17.9 Å². The molecule has 2 atom stereocenters. The molecule has 0 spiro atoms. The summed E-state index contributed by atoms with van der Waals surface area (Å²) in [5.41, 5.74) is 0.516. The van der Waals surface area contributed by atoms with Gasteiger partial charge in [0.15, 0.2) is 5.69 Å². The molecule has 0 saturated heterocycles. The highest BCUT2D eigenvalue weighted by molar-refractivity contribution is 5.39. The fourth-order valence-electron chi connectivity index (χ4n) is 0.741. The van der Waals surface area contributed by atoms with Crippen LogP contribution >= 0.6 is 0 Å². The maximum atomic E-state index is 9.15. The number of hydrogen-bond acceptors (Lipinski definition) is 4. The van der Waals surface area contributed by atoms with Crippen molar-refractivity contribution < 1.29 is 10.2 Å². The van der Waals surface area contributed by atoms with E-state index in [1.165, 1.54) is 13.3 Å². The molecule has 5 heteroatoms. The van der Waals surface area contributed by atoms with Crippen molar-refractivity contribution in [1.29, 1.82) is 5.26 Å². The average Bonchev–Trinajstić information content (AvgIpc) is 2.60. The van der Waals surface area contributed by atoms with E-state index in [1.807, 2.05) is 6.07 Å². The standard InChI is InChI=1S/C9H9N3O2/c1-6(13)9(14)3-2-7-8(4-10)12-5-11-7/h5-6,9,13-14H,1H3,(H,11,12). The number of aliphatic hydroxyl groups is 2. The number of nitrogens with zero attached hydrogens (tertiary/aromatic N) is 2. The first kappa shape index (κ1) is 10.3. The zero-order valence-corrected chi connectivity index (χ0v) is 7.52. The Balaban J connectivity index is 2.83. The minimum atomic E-state index is -1.12. The third-order valence-electron chi connectivity index (χ3n) is 1.55. The van der Waals surface area contributed by atoms with Crippen molar-refractivity contribution in [1.82, 2.24) is 9.97 Å². The zero-order chi connectivity index (χ0) is 10.6. The van der Waals surface area contributed by atoms with Gasteiger partial charge in [0.05, 0.1) is 12.4 Å². The van der Waals surface area contributed by atoms with Crippen LogP contribution in [0.5, 0.6) is 0 Å². The van der Waals surface area contributed by atoms with Gasteiger partial charge >= 0.3 is 0 Å². The van der Waals surface area contributed by atoms with Crippen LogP contribution in [-0.4, -0.2) is 32.4 Å². The Kier molecular flexibility index (Phi) is 3.24. The van der Waals surface area contributed by atoms with Crippen molar-refractivity contribution >= 4 is 0 Å². The molecule has 1 rings (SSSR count). The predicted molar refractivity (Wildman–Crippen MR) is 47.9 cm³/mol. The molecule has 0 saturated carbocycles. The summed E-state index contributed by atoms with van der Waals surface area (Å²) in [5.74, 6) is 4.92. The number of imidazole rings is 1. The molecule has 72 valence electrons. The molecule has 0 bridgehead atoms. The number of rotatable bonds is 1. The first-order valence-corrected chi connectivity index (χ1v) is 3.96. The summed E-state index contributed by atoms with van der Waals surface area (Å²) in [6, 6.07) is 1.84. The largest absolute Gasteiger partial charge is 0.390 e. The lowest BCUT2D eigenvalue weighted by atomic mass is 10.2. The molecule has 3 N–H and O–H groups in total. The normalized spacial score (nSPS) is 13.6. The van der Waals surface area contributed by atoms with Crippen LogP contribution in [0, 0.1) is 23.2 Å². The number of nitriles is 1. The fourth-order valence-corrected chi connectivity index (χ4v) is 0.741. The van der Waals surface area contributed by atoms with Gasteiger partial charge in [-0.1, -0.05) is 5.92 Å². The Hall–Kier alpha value is -1.82. The quantitative estimate of drug-likeness (QED) is 0.515. The van der Waals surface area contributed by atoms with Crippen LogP contribution in [0.4, 0.5) is 0 Å². The van der Waals surface area contributed by atoms with Gasteiger partial charge < -0.3 is 15.2 Å². The summed E-state index contributed by atoms with van der Waals surface area (Å²) in [6.07, 6.45) is -0.696. The number of H-pyrrole nitrogens is 1. The summed E-state index contributed by atoms with van der Waals surface area (Å²) >= 11 is 0. The van der Waals surface area contributed by atoms with Gasteiger partial charge in [0, 0.05) is 0 Å². The molecular weight excluding hydrogens is 182 g/mol. The molecule has 1 heterocycles. The highest BCUT2D eigenvalue weighted by Gasteiger charge is 2.06. The summed E-state index contributed by atoms with van der Waals surface area (Å²) in [6.45, 7) is 1.43. The summed E-state index contributed by atoms with van der Waals surface area (Å²) in [7, 11) is 0. The second kappa shape index (κ2) is 4.43. The predicted octanol–water partition coefficient (Wildman–Crippen LogP) is -0.625. The molecular formula is C9H9N3O2. The van der Waals surface area contributed by atoms with Gasteiger partial charge in [0.1, 0.15) is 17.9 Å². The lowest BCUT2D eigenvalue weighted by Crippen LogP contribution is -2.20. The second-order valence-corrected chi connectivity index (χ2v) is 2.69.